The van der Waals surface area contributed by atoms with E-state index in [0.717, 1.165) is 12.5 Å². The third-order valence-electron chi connectivity index (χ3n) is 4.15. The summed E-state index contributed by atoms with van der Waals surface area (Å²) in [7, 11) is 0. The molecule has 1 aliphatic rings. The highest BCUT2D eigenvalue weighted by Crippen LogP contribution is 2.34. The second-order valence-corrected chi connectivity index (χ2v) is 5.60. The van der Waals surface area contributed by atoms with Crippen molar-refractivity contribution in [3.8, 4) is 11.1 Å². The van der Waals surface area contributed by atoms with Crippen LogP contribution in [0.2, 0.25) is 0 Å². The van der Waals surface area contributed by atoms with Crippen LogP contribution in [0.25, 0.3) is 22.0 Å². The lowest BCUT2D eigenvalue weighted by Gasteiger charge is -2.03. The van der Waals surface area contributed by atoms with Crippen molar-refractivity contribution in [2.45, 2.75) is 25.8 Å². The summed E-state index contributed by atoms with van der Waals surface area (Å²) in [6.07, 6.45) is 13.9. The zero-order valence-electron chi connectivity index (χ0n) is 11.4. The number of hydrogen-bond acceptors (Lipinski definition) is 2. The Morgan fingerprint density at radius 2 is 1.85 bits per heavy atom. The van der Waals surface area contributed by atoms with Gasteiger partial charge in [-0.1, -0.05) is 12.8 Å². The van der Waals surface area contributed by atoms with Crippen molar-refractivity contribution in [2.24, 2.45) is 5.92 Å². The smallest absolute Gasteiger partial charge is 0.0673 e. The zero-order chi connectivity index (χ0) is 13.4. The molecule has 0 amide bonds. The minimum absolute atomic E-state index is 0.952. The van der Waals surface area contributed by atoms with E-state index in [2.05, 4.69) is 38.9 Å². The lowest BCUT2D eigenvalue weighted by molar-refractivity contribution is 0.611. The summed E-state index contributed by atoms with van der Waals surface area (Å²) in [6.45, 7) is 1.10. The van der Waals surface area contributed by atoms with Crippen LogP contribution in [0.15, 0.2) is 49.2 Å². The van der Waals surface area contributed by atoms with E-state index in [9.17, 15) is 0 Å². The van der Waals surface area contributed by atoms with Crippen LogP contribution < -0.4 is 0 Å². The first-order valence-corrected chi connectivity index (χ1v) is 7.25. The molecular formula is C17H17N3. The van der Waals surface area contributed by atoms with Gasteiger partial charge in [-0.05, 0) is 36.1 Å². The summed E-state index contributed by atoms with van der Waals surface area (Å²) in [5.74, 6) is 0.952. The van der Waals surface area contributed by atoms with Crippen molar-refractivity contribution < 1.29 is 0 Å². The summed E-state index contributed by atoms with van der Waals surface area (Å²) in [6, 6.07) is 6.25. The number of aromatic nitrogens is 3. The predicted molar refractivity (Wildman–Crippen MR) is 80.3 cm³/mol. The standard InChI is InChI=1S/C17H17N3/c1-2-13(1)6-10-20-12-16(14-3-7-18-8-4-14)15-5-9-19-11-17(15)20/h3-5,7-9,11-13H,1-2,6,10H2. The minimum Gasteiger partial charge on any atom is -0.346 e. The highest BCUT2D eigenvalue weighted by molar-refractivity contribution is 5.95. The largest absolute Gasteiger partial charge is 0.346 e. The quantitative estimate of drug-likeness (QED) is 0.714. The Kier molecular flexibility index (Phi) is 2.76. The van der Waals surface area contributed by atoms with E-state index in [1.54, 1.807) is 0 Å². The molecule has 3 aromatic rings. The lowest BCUT2D eigenvalue weighted by atomic mass is 10.1. The molecule has 20 heavy (non-hydrogen) atoms. The van der Waals surface area contributed by atoms with Gasteiger partial charge in [0.25, 0.3) is 0 Å². The maximum Gasteiger partial charge on any atom is 0.0673 e. The van der Waals surface area contributed by atoms with Crippen molar-refractivity contribution in [1.29, 1.82) is 0 Å². The van der Waals surface area contributed by atoms with Gasteiger partial charge in [0, 0.05) is 42.3 Å². The molecule has 0 saturated heterocycles. The topological polar surface area (TPSA) is 30.7 Å². The molecule has 0 aromatic carbocycles. The SMILES string of the molecule is c1cc(-c2cn(CCC3CC3)c3cnccc23)ccn1. The molecule has 0 spiro atoms. The van der Waals surface area contributed by atoms with Crippen LogP contribution in [0, 0.1) is 5.92 Å². The van der Waals surface area contributed by atoms with Gasteiger partial charge >= 0.3 is 0 Å². The number of fused-ring (bicyclic) bond motifs is 1. The Bertz CT molecular complexity index is 726. The third-order valence-corrected chi connectivity index (χ3v) is 4.15. The second kappa shape index (κ2) is 4.75. The van der Waals surface area contributed by atoms with Crippen molar-refractivity contribution in [3.05, 3.63) is 49.2 Å². The van der Waals surface area contributed by atoms with Crippen LogP contribution in [0.1, 0.15) is 19.3 Å². The predicted octanol–water partition coefficient (Wildman–Crippen LogP) is 3.90. The number of hydrogen-bond donors (Lipinski definition) is 0. The highest BCUT2D eigenvalue weighted by Gasteiger charge is 2.21. The van der Waals surface area contributed by atoms with Gasteiger partial charge in [0.2, 0.25) is 0 Å². The molecule has 1 aliphatic carbocycles. The zero-order valence-corrected chi connectivity index (χ0v) is 11.4. The van der Waals surface area contributed by atoms with E-state index in [4.69, 9.17) is 0 Å². The van der Waals surface area contributed by atoms with Gasteiger partial charge in [-0.15, -0.1) is 0 Å². The van der Waals surface area contributed by atoms with Crippen LogP contribution in [0.5, 0.6) is 0 Å². The molecule has 0 bridgehead atoms. The first kappa shape index (κ1) is 11.6. The van der Waals surface area contributed by atoms with Crippen LogP contribution in [0.4, 0.5) is 0 Å². The van der Waals surface area contributed by atoms with Gasteiger partial charge in [-0.3, -0.25) is 9.97 Å². The molecule has 100 valence electrons. The third kappa shape index (κ3) is 2.09. The lowest BCUT2D eigenvalue weighted by Crippen LogP contribution is -1.96. The van der Waals surface area contributed by atoms with Crippen LogP contribution in [-0.2, 0) is 6.54 Å². The van der Waals surface area contributed by atoms with Crippen LogP contribution >= 0.6 is 0 Å². The number of nitrogens with zero attached hydrogens (tertiary/aromatic N) is 3. The van der Waals surface area contributed by atoms with Gasteiger partial charge in [0.1, 0.15) is 0 Å². The van der Waals surface area contributed by atoms with Gasteiger partial charge < -0.3 is 4.57 Å². The highest BCUT2D eigenvalue weighted by atomic mass is 15.0. The summed E-state index contributed by atoms with van der Waals surface area (Å²) in [5, 5.41) is 1.28. The molecule has 0 radical (unpaired) electrons. The Morgan fingerprint density at radius 1 is 1.05 bits per heavy atom. The number of rotatable bonds is 4. The van der Waals surface area contributed by atoms with Crippen LogP contribution in [0.3, 0.4) is 0 Å². The number of pyridine rings is 2. The Hall–Kier alpha value is -2.16. The fourth-order valence-corrected chi connectivity index (χ4v) is 2.81. The van der Waals surface area contributed by atoms with Gasteiger partial charge in [-0.2, -0.15) is 0 Å². The maximum absolute atomic E-state index is 4.29. The van der Waals surface area contributed by atoms with E-state index in [0.29, 0.717) is 0 Å². The van der Waals surface area contributed by atoms with E-state index in [-0.39, 0.29) is 0 Å². The fourth-order valence-electron chi connectivity index (χ4n) is 2.81. The van der Waals surface area contributed by atoms with Crippen molar-refractivity contribution in [2.75, 3.05) is 0 Å². The van der Waals surface area contributed by atoms with E-state index in [1.165, 1.54) is 41.3 Å². The molecule has 3 aromatic heterocycles. The fraction of sp³-hybridized carbons (Fsp3) is 0.294. The van der Waals surface area contributed by atoms with Crippen LogP contribution in [-0.4, -0.2) is 14.5 Å². The first-order valence-electron chi connectivity index (χ1n) is 7.25. The van der Waals surface area contributed by atoms with E-state index >= 15 is 0 Å². The number of aryl methyl sites for hydroxylation is 1. The summed E-state index contributed by atoms with van der Waals surface area (Å²) >= 11 is 0. The van der Waals surface area contributed by atoms with Gasteiger partial charge in [0.05, 0.1) is 11.7 Å². The molecule has 3 heteroatoms. The molecule has 0 aliphatic heterocycles. The molecule has 0 unspecified atom stereocenters. The first-order chi connectivity index (χ1) is 9.92. The molecule has 4 rings (SSSR count). The molecule has 1 fully saturated rings. The van der Waals surface area contributed by atoms with Crippen molar-refractivity contribution in [3.63, 3.8) is 0 Å². The Balaban J connectivity index is 1.80. The summed E-state index contributed by atoms with van der Waals surface area (Å²) < 4.78 is 2.36. The van der Waals surface area contributed by atoms with Crippen molar-refractivity contribution >= 4 is 10.9 Å². The summed E-state index contributed by atoms with van der Waals surface area (Å²) in [5.41, 5.74) is 3.74. The maximum atomic E-state index is 4.29. The second-order valence-electron chi connectivity index (χ2n) is 5.60. The van der Waals surface area contributed by atoms with E-state index < -0.39 is 0 Å². The molecular weight excluding hydrogens is 246 g/mol. The molecule has 3 heterocycles. The average Bonchev–Trinajstić information content (AvgIpc) is 3.27. The Labute approximate surface area is 118 Å². The van der Waals surface area contributed by atoms with E-state index in [1.807, 2.05) is 24.8 Å². The normalized spacial score (nSPS) is 14.8. The van der Waals surface area contributed by atoms with Gasteiger partial charge in [-0.25, -0.2) is 0 Å². The summed E-state index contributed by atoms with van der Waals surface area (Å²) in [4.78, 5) is 8.40. The molecule has 3 nitrogen and oxygen atoms in total. The van der Waals surface area contributed by atoms with Crippen molar-refractivity contribution in [1.82, 2.24) is 14.5 Å². The molecule has 1 saturated carbocycles. The Morgan fingerprint density at radius 3 is 2.65 bits per heavy atom. The molecule has 0 atom stereocenters. The molecule has 0 N–H and O–H groups in total. The minimum atomic E-state index is 0.952. The van der Waals surface area contributed by atoms with Gasteiger partial charge in [0.15, 0.2) is 0 Å². The average molecular weight is 263 g/mol. The monoisotopic (exact) mass is 263 g/mol.